The van der Waals surface area contributed by atoms with Crippen molar-refractivity contribution in [1.82, 2.24) is 4.72 Å². The maximum Gasteiger partial charge on any atom is 0.324 e. The highest BCUT2D eigenvalue weighted by Gasteiger charge is 2.31. The van der Waals surface area contributed by atoms with Crippen LogP contribution in [0.3, 0.4) is 0 Å². The average Bonchev–Trinajstić information content (AvgIpc) is 2.20. The summed E-state index contributed by atoms with van der Waals surface area (Å²) in [4.78, 5) is 12.1. The molecule has 0 saturated heterocycles. The third-order valence-electron chi connectivity index (χ3n) is 2.60. The predicted octanol–water partition coefficient (Wildman–Crippen LogP) is 2.32. The van der Waals surface area contributed by atoms with Crippen molar-refractivity contribution >= 4 is 16.0 Å². The Morgan fingerprint density at radius 3 is 2.00 bits per heavy atom. The largest absolute Gasteiger partial charge is 0.459 e. The summed E-state index contributed by atoms with van der Waals surface area (Å²) in [6, 6.07) is -0.841. The molecule has 0 fully saturated rings. The van der Waals surface area contributed by atoms with Crippen molar-refractivity contribution in [3.05, 3.63) is 0 Å². The lowest BCUT2D eigenvalue weighted by Crippen LogP contribution is -2.47. The molecule has 0 spiro atoms. The van der Waals surface area contributed by atoms with Gasteiger partial charge >= 0.3 is 5.97 Å². The number of hydrogen-bond acceptors (Lipinski definition) is 4. The van der Waals surface area contributed by atoms with Gasteiger partial charge in [-0.15, -0.1) is 0 Å². The minimum absolute atomic E-state index is 0.0245. The van der Waals surface area contributed by atoms with Gasteiger partial charge in [0.2, 0.25) is 10.0 Å². The fraction of sp³-hybridized carbons (Fsp3) is 0.929. The maximum absolute atomic E-state index is 12.1. The van der Waals surface area contributed by atoms with Gasteiger partial charge in [-0.05, 0) is 39.0 Å². The van der Waals surface area contributed by atoms with Crippen molar-refractivity contribution in [2.45, 2.75) is 66.5 Å². The van der Waals surface area contributed by atoms with Crippen LogP contribution in [0.1, 0.15) is 54.9 Å². The van der Waals surface area contributed by atoms with Crippen LogP contribution < -0.4 is 4.72 Å². The zero-order chi connectivity index (χ0) is 16.1. The molecular formula is C14H29NO4S. The van der Waals surface area contributed by atoms with Crippen molar-refractivity contribution in [2.75, 3.05) is 5.75 Å². The van der Waals surface area contributed by atoms with Gasteiger partial charge in [0, 0.05) is 0 Å². The predicted molar refractivity (Wildman–Crippen MR) is 80.8 cm³/mol. The van der Waals surface area contributed by atoms with Crippen LogP contribution in [0.4, 0.5) is 0 Å². The molecule has 0 amide bonds. The van der Waals surface area contributed by atoms with Crippen LogP contribution in [-0.2, 0) is 19.6 Å². The van der Waals surface area contributed by atoms with Gasteiger partial charge in [-0.1, -0.05) is 27.7 Å². The van der Waals surface area contributed by atoms with E-state index in [4.69, 9.17) is 4.74 Å². The fourth-order valence-electron chi connectivity index (χ4n) is 1.46. The molecule has 1 N–H and O–H groups in total. The minimum atomic E-state index is -3.47. The van der Waals surface area contributed by atoms with E-state index in [1.54, 1.807) is 34.6 Å². The summed E-state index contributed by atoms with van der Waals surface area (Å²) >= 11 is 0. The van der Waals surface area contributed by atoms with Crippen LogP contribution in [-0.4, -0.2) is 31.8 Å². The minimum Gasteiger partial charge on any atom is -0.459 e. The van der Waals surface area contributed by atoms with Crippen molar-refractivity contribution in [2.24, 2.45) is 11.8 Å². The number of rotatable bonds is 7. The molecule has 6 heteroatoms. The molecule has 0 aromatic carbocycles. The van der Waals surface area contributed by atoms with Crippen molar-refractivity contribution < 1.29 is 17.9 Å². The number of ether oxygens (including phenoxy) is 1. The van der Waals surface area contributed by atoms with Crippen LogP contribution in [0.25, 0.3) is 0 Å². The van der Waals surface area contributed by atoms with E-state index in [0.29, 0.717) is 12.3 Å². The quantitative estimate of drug-likeness (QED) is 0.733. The zero-order valence-corrected chi connectivity index (χ0v) is 14.5. The van der Waals surface area contributed by atoms with Crippen LogP contribution in [0.5, 0.6) is 0 Å². The molecule has 0 aromatic heterocycles. The maximum atomic E-state index is 12.1. The highest BCUT2D eigenvalue weighted by molar-refractivity contribution is 7.89. The second-order valence-electron chi connectivity index (χ2n) is 6.87. The van der Waals surface area contributed by atoms with Crippen molar-refractivity contribution in [3.63, 3.8) is 0 Å². The van der Waals surface area contributed by atoms with Gasteiger partial charge in [0.15, 0.2) is 0 Å². The highest BCUT2D eigenvalue weighted by atomic mass is 32.2. The lowest BCUT2D eigenvalue weighted by Gasteiger charge is -2.26. The summed E-state index contributed by atoms with van der Waals surface area (Å²) in [7, 11) is -3.47. The number of carbonyl (C=O) groups is 1. The molecule has 0 aliphatic carbocycles. The van der Waals surface area contributed by atoms with Crippen LogP contribution in [0.2, 0.25) is 0 Å². The number of nitrogens with one attached hydrogen (secondary N) is 1. The van der Waals surface area contributed by atoms with E-state index in [1.165, 1.54) is 0 Å². The smallest absolute Gasteiger partial charge is 0.324 e. The monoisotopic (exact) mass is 307 g/mol. The van der Waals surface area contributed by atoms with E-state index in [2.05, 4.69) is 4.72 Å². The van der Waals surface area contributed by atoms with Crippen molar-refractivity contribution in [3.8, 4) is 0 Å². The Hall–Kier alpha value is -0.620. The molecule has 0 saturated carbocycles. The van der Waals surface area contributed by atoms with Crippen LogP contribution in [0, 0.1) is 11.8 Å². The molecule has 0 radical (unpaired) electrons. The molecule has 0 rings (SSSR count). The standard InChI is InChI=1S/C14H29NO4S/c1-10(2)8-9-20(17,18)15-12(11(3)4)13(16)19-14(5,6)7/h10-12,15H,8-9H2,1-7H3/t12-/m1/s1. The molecule has 0 bridgehead atoms. The van der Waals surface area contributed by atoms with E-state index in [1.807, 2.05) is 13.8 Å². The molecule has 1 atom stereocenters. The summed E-state index contributed by atoms with van der Waals surface area (Å²) in [5, 5.41) is 0. The number of carbonyl (C=O) groups excluding carboxylic acids is 1. The molecule has 5 nitrogen and oxygen atoms in total. The summed E-state index contributed by atoms with van der Waals surface area (Å²) in [6.07, 6.45) is 0.564. The molecule has 0 aromatic rings. The molecule has 0 aliphatic rings. The highest BCUT2D eigenvalue weighted by Crippen LogP contribution is 2.13. The number of esters is 1. The summed E-state index contributed by atoms with van der Waals surface area (Å²) in [5.41, 5.74) is -0.631. The summed E-state index contributed by atoms with van der Waals surface area (Å²) in [6.45, 7) is 12.8. The van der Waals surface area contributed by atoms with Gasteiger partial charge in [0.05, 0.1) is 5.75 Å². The van der Waals surface area contributed by atoms with Gasteiger partial charge in [0.25, 0.3) is 0 Å². The molecule has 0 unspecified atom stereocenters. The lowest BCUT2D eigenvalue weighted by molar-refractivity contribution is -0.158. The first kappa shape index (κ1) is 19.4. The van der Waals surface area contributed by atoms with E-state index >= 15 is 0 Å². The van der Waals surface area contributed by atoms with Gasteiger partial charge in [-0.2, -0.15) is 0 Å². The van der Waals surface area contributed by atoms with Gasteiger partial charge in [0.1, 0.15) is 11.6 Å². The van der Waals surface area contributed by atoms with Crippen LogP contribution >= 0.6 is 0 Å². The first-order valence-corrected chi connectivity index (χ1v) is 8.72. The Kier molecular flexibility index (Phi) is 7.18. The van der Waals surface area contributed by atoms with E-state index < -0.39 is 27.6 Å². The summed E-state index contributed by atoms with van der Waals surface area (Å²) in [5.74, 6) is -0.374. The fourth-order valence-corrected chi connectivity index (χ4v) is 3.12. The number of hydrogen-bond donors (Lipinski definition) is 1. The Morgan fingerprint density at radius 1 is 1.15 bits per heavy atom. The Labute approximate surface area is 123 Å². The average molecular weight is 307 g/mol. The van der Waals surface area contributed by atoms with E-state index in [-0.39, 0.29) is 11.7 Å². The van der Waals surface area contributed by atoms with Gasteiger partial charge in [-0.25, -0.2) is 13.1 Å². The second-order valence-corrected chi connectivity index (χ2v) is 8.75. The third kappa shape index (κ3) is 8.53. The lowest BCUT2D eigenvalue weighted by atomic mass is 10.1. The zero-order valence-electron chi connectivity index (χ0n) is 13.7. The molecule has 0 heterocycles. The first-order valence-electron chi connectivity index (χ1n) is 7.07. The second kappa shape index (κ2) is 7.41. The van der Waals surface area contributed by atoms with Crippen molar-refractivity contribution in [1.29, 1.82) is 0 Å². The Morgan fingerprint density at radius 2 is 1.65 bits per heavy atom. The molecular weight excluding hydrogens is 278 g/mol. The van der Waals surface area contributed by atoms with E-state index in [0.717, 1.165) is 0 Å². The Bertz CT molecular complexity index is 407. The normalized spacial score (nSPS) is 14.7. The topological polar surface area (TPSA) is 72.5 Å². The van der Waals surface area contributed by atoms with Crippen LogP contribution in [0.15, 0.2) is 0 Å². The SMILES string of the molecule is CC(C)CCS(=O)(=O)N[C@@H](C(=O)OC(C)(C)C)C(C)C. The van der Waals surface area contributed by atoms with Gasteiger partial charge in [-0.3, -0.25) is 4.79 Å². The summed E-state index contributed by atoms with van der Waals surface area (Å²) < 4.78 is 31.7. The third-order valence-corrected chi connectivity index (χ3v) is 3.98. The van der Waals surface area contributed by atoms with E-state index in [9.17, 15) is 13.2 Å². The first-order chi connectivity index (χ1) is 8.84. The molecule has 0 aliphatic heterocycles. The number of sulfonamides is 1. The molecule has 20 heavy (non-hydrogen) atoms. The van der Waals surface area contributed by atoms with Gasteiger partial charge < -0.3 is 4.74 Å². The Balaban J connectivity index is 4.82. The molecule has 120 valence electrons.